The molecular formula is C12H17F3N2O2. The molecule has 1 aromatic heterocycles. The van der Waals surface area contributed by atoms with Gasteiger partial charge >= 0.3 is 6.18 Å². The van der Waals surface area contributed by atoms with Crippen molar-refractivity contribution in [1.29, 1.82) is 0 Å². The van der Waals surface area contributed by atoms with E-state index >= 15 is 0 Å². The average molecular weight is 278 g/mol. The van der Waals surface area contributed by atoms with Crippen LogP contribution in [0.5, 0.6) is 0 Å². The highest BCUT2D eigenvalue weighted by atomic mass is 19.4. The van der Waals surface area contributed by atoms with E-state index in [2.05, 4.69) is 5.32 Å². The van der Waals surface area contributed by atoms with Crippen LogP contribution < -0.4 is 5.32 Å². The number of nitrogens with zero attached hydrogens (tertiary/aromatic N) is 1. The second kappa shape index (κ2) is 7.18. The van der Waals surface area contributed by atoms with E-state index in [-0.39, 0.29) is 13.0 Å². The molecule has 1 N–H and O–H groups in total. The zero-order valence-corrected chi connectivity index (χ0v) is 10.7. The Hall–Kier alpha value is -1.50. The molecule has 0 unspecified atom stereocenters. The van der Waals surface area contributed by atoms with Crippen LogP contribution in [0.25, 0.3) is 0 Å². The number of hydrogen-bond acceptors (Lipinski definition) is 3. The van der Waals surface area contributed by atoms with Crippen LogP contribution in [-0.4, -0.2) is 36.6 Å². The molecule has 0 aliphatic heterocycles. The van der Waals surface area contributed by atoms with E-state index in [4.69, 9.17) is 4.42 Å². The van der Waals surface area contributed by atoms with Crippen molar-refractivity contribution in [2.24, 2.45) is 0 Å². The summed E-state index contributed by atoms with van der Waals surface area (Å²) in [6, 6.07) is 3.12. The highest BCUT2D eigenvalue weighted by Gasteiger charge is 2.33. The molecule has 0 atom stereocenters. The maximum atomic E-state index is 12.4. The Labute approximate surface area is 109 Å². The third-order valence-corrected chi connectivity index (χ3v) is 2.42. The molecule has 0 aliphatic carbocycles. The van der Waals surface area contributed by atoms with Gasteiger partial charge in [0.15, 0.2) is 0 Å². The van der Waals surface area contributed by atoms with Crippen LogP contribution in [-0.2, 0) is 11.3 Å². The zero-order valence-electron chi connectivity index (χ0n) is 10.7. The molecular weight excluding hydrogens is 261 g/mol. The molecule has 1 rings (SSSR count). The van der Waals surface area contributed by atoms with Crippen LogP contribution in [0.4, 0.5) is 13.2 Å². The van der Waals surface area contributed by atoms with Gasteiger partial charge in [-0.15, -0.1) is 0 Å². The maximum absolute atomic E-state index is 12.4. The molecule has 0 fully saturated rings. The predicted octanol–water partition coefficient (Wildman–Crippen LogP) is 2.17. The molecule has 0 saturated carbocycles. The van der Waals surface area contributed by atoms with Gasteiger partial charge < -0.3 is 14.6 Å². The van der Waals surface area contributed by atoms with Gasteiger partial charge in [0.25, 0.3) is 0 Å². The minimum atomic E-state index is -4.42. The lowest BCUT2D eigenvalue weighted by Gasteiger charge is -2.23. The molecule has 0 spiro atoms. The van der Waals surface area contributed by atoms with E-state index in [1.165, 1.54) is 6.26 Å². The van der Waals surface area contributed by atoms with E-state index < -0.39 is 18.6 Å². The third kappa shape index (κ3) is 6.28. The van der Waals surface area contributed by atoms with Gasteiger partial charge in [-0.25, -0.2) is 0 Å². The first-order chi connectivity index (χ1) is 8.92. The first-order valence-corrected chi connectivity index (χ1v) is 6.00. The topological polar surface area (TPSA) is 45.5 Å². The Bertz CT molecular complexity index is 377. The summed E-state index contributed by atoms with van der Waals surface area (Å²) >= 11 is 0. The molecule has 0 bridgehead atoms. The van der Waals surface area contributed by atoms with Gasteiger partial charge in [0.05, 0.1) is 12.8 Å². The molecule has 19 heavy (non-hydrogen) atoms. The van der Waals surface area contributed by atoms with Crippen molar-refractivity contribution in [2.75, 3.05) is 19.6 Å². The van der Waals surface area contributed by atoms with Gasteiger partial charge in [-0.2, -0.15) is 13.2 Å². The van der Waals surface area contributed by atoms with Crippen molar-refractivity contribution in [1.82, 2.24) is 10.2 Å². The number of furan rings is 1. The van der Waals surface area contributed by atoms with E-state index in [1.54, 1.807) is 12.1 Å². The van der Waals surface area contributed by atoms with E-state index in [0.29, 0.717) is 18.8 Å². The monoisotopic (exact) mass is 278 g/mol. The normalized spacial score (nSPS) is 11.6. The summed E-state index contributed by atoms with van der Waals surface area (Å²) in [6.45, 7) is 1.46. The van der Waals surface area contributed by atoms with Crippen LogP contribution in [0.15, 0.2) is 22.8 Å². The van der Waals surface area contributed by atoms with Crippen molar-refractivity contribution in [2.45, 2.75) is 26.1 Å². The Morgan fingerprint density at radius 3 is 2.74 bits per heavy atom. The zero-order chi connectivity index (χ0) is 14.3. The minimum Gasteiger partial charge on any atom is -0.467 e. The number of halogens is 3. The molecule has 1 heterocycles. The van der Waals surface area contributed by atoms with Gasteiger partial charge in [-0.3, -0.25) is 4.79 Å². The summed E-state index contributed by atoms with van der Waals surface area (Å²) in [5, 5.41) is 2.90. The lowest BCUT2D eigenvalue weighted by Crippen LogP contribution is -2.39. The fourth-order valence-corrected chi connectivity index (χ4v) is 1.57. The number of amides is 1. The minimum absolute atomic E-state index is 0.0324. The lowest BCUT2D eigenvalue weighted by atomic mass is 10.3. The Kier molecular flexibility index (Phi) is 5.88. The molecule has 0 aliphatic rings. The first-order valence-electron chi connectivity index (χ1n) is 6.00. The average Bonchev–Trinajstić information content (AvgIpc) is 2.79. The number of carbonyl (C=O) groups is 1. The summed E-state index contributed by atoms with van der Waals surface area (Å²) in [5.74, 6) is -0.212. The maximum Gasteiger partial charge on any atom is 0.406 e. The quantitative estimate of drug-likeness (QED) is 0.777. The second-order valence-electron chi connectivity index (χ2n) is 4.05. The van der Waals surface area contributed by atoms with E-state index in [0.717, 1.165) is 4.90 Å². The molecule has 0 radical (unpaired) electrons. The van der Waals surface area contributed by atoms with E-state index in [1.807, 2.05) is 6.92 Å². The molecule has 108 valence electrons. The summed E-state index contributed by atoms with van der Waals surface area (Å²) in [5.41, 5.74) is 0. The number of carbonyl (C=O) groups excluding carboxylic acids is 1. The largest absolute Gasteiger partial charge is 0.467 e. The van der Waals surface area contributed by atoms with Crippen molar-refractivity contribution < 1.29 is 22.4 Å². The van der Waals surface area contributed by atoms with Crippen molar-refractivity contribution in [3.63, 3.8) is 0 Å². The Balaban J connectivity index is 2.60. The van der Waals surface area contributed by atoms with Crippen molar-refractivity contribution in [3.8, 4) is 0 Å². The SMILES string of the molecule is CCNCCC(=O)N(Cc1ccco1)CC(F)(F)F. The summed E-state index contributed by atoms with van der Waals surface area (Å²) in [4.78, 5) is 12.5. The van der Waals surface area contributed by atoms with Crippen molar-refractivity contribution >= 4 is 5.91 Å². The van der Waals surface area contributed by atoms with Crippen molar-refractivity contribution in [3.05, 3.63) is 24.2 Å². The Morgan fingerprint density at radius 1 is 1.47 bits per heavy atom. The third-order valence-electron chi connectivity index (χ3n) is 2.42. The lowest BCUT2D eigenvalue weighted by molar-refractivity contribution is -0.162. The molecule has 7 heteroatoms. The predicted molar refractivity (Wildman–Crippen MR) is 63.3 cm³/mol. The fourth-order valence-electron chi connectivity index (χ4n) is 1.57. The first kappa shape index (κ1) is 15.6. The number of nitrogens with one attached hydrogen (secondary N) is 1. The van der Waals surface area contributed by atoms with Gasteiger partial charge in [0, 0.05) is 13.0 Å². The Morgan fingerprint density at radius 2 is 2.21 bits per heavy atom. The van der Waals surface area contributed by atoms with Gasteiger partial charge in [0.2, 0.25) is 5.91 Å². The highest BCUT2D eigenvalue weighted by molar-refractivity contribution is 5.76. The molecule has 0 saturated heterocycles. The fraction of sp³-hybridized carbons (Fsp3) is 0.583. The van der Waals surface area contributed by atoms with E-state index in [9.17, 15) is 18.0 Å². The van der Waals surface area contributed by atoms with Crippen LogP contribution in [0.3, 0.4) is 0 Å². The number of rotatable bonds is 7. The summed E-state index contributed by atoms with van der Waals surface area (Å²) in [7, 11) is 0. The molecule has 0 aromatic carbocycles. The number of alkyl halides is 3. The summed E-state index contributed by atoms with van der Waals surface area (Å²) < 4.78 is 42.3. The van der Waals surface area contributed by atoms with Gasteiger partial charge in [0.1, 0.15) is 12.3 Å². The smallest absolute Gasteiger partial charge is 0.406 e. The molecule has 1 amide bonds. The van der Waals surface area contributed by atoms with Crippen LogP contribution >= 0.6 is 0 Å². The second-order valence-corrected chi connectivity index (χ2v) is 4.05. The standard InChI is InChI=1S/C12H17F3N2O2/c1-2-16-6-5-11(18)17(9-12(13,14)15)8-10-4-3-7-19-10/h3-4,7,16H,2,5-6,8-9H2,1H3. The van der Waals surface area contributed by atoms with Crippen LogP contribution in [0.2, 0.25) is 0 Å². The summed E-state index contributed by atoms with van der Waals surface area (Å²) in [6.07, 6.45) is -3.02. The number of hydrogen-bond donors (Lipinski definition) is 1. The van der Waals surface area contributed by atoms with Crippen LogP contribution in [0, 0.1) is 0 Å². The van der Waals surface area contributed by atoms with Crippen LogP contribution in [0.1, 0.15) is 19.1 Å². The van der Waals surface area contributed by atoms with Gasteiger partial charge in [-0.05, 0) is 18.7 Å². The van der Waals surface area contributed by atoms with Gasteiger partial charge in [-0.1, -0.05) is 6.92 Å². The molecule has 4 nitrogen and oxygen atoms in total. The molecule has 1 aromatic rings. The highest BCUT2D eigenvalue weighted by Crippen LogP contribution is 2.19.